The average Bonchev–Trinajstić information content (AvgIpc) is 3.48. The molecule has 18 heteroatoms. The van der Waals surface area contributed by atoms with Crippen LogP contribution in [-0.4, -0.2) is 54.0 Å². The van der Waals surface area contributed by atoms with Gasteiger partial charge in [-0.3, -0.25) is 51.3 Å². The van der Waals surface area contributed by atoms with Gasteiger partial charge in [0.15, 0.2) is 0 Å². The first-order valence-corrected chi connectivity index (χ1v) is 19.5. The highest BCUT2D eigenvalue weighted by molar-refractivity contribution is 5.98. The Balaban J connectivity index is 1.42. The van der Waals surface area contributed by atoms with E-state index in [0.29, 0.717) is 43.2 Å². The van der Waals surface area contributed by atoms with Crippen molar-refractivity contribution in [2.45, 2.75) is 91.6 Å². The first-order valence-electron chi connectivity index (χ1n) is 19.5. The molecular formula is C39H50N8O10. The average molecular weight is 791 g/mol. The Labute approximate surface area is 329 Å². The predicted octanol–water partition coefficient (Wildman–Crippen LogP) is 8.15. The van der Waals surface area contributed by atoms with E-state index in [2.05, 4.69) is 30.8 Å². The van der Waals surface area contributed by atoms with Gasteiger partial charge in [0.1, 0.15) is 11.4 Å². The molecule has 9 unspecified atom stereocenters. The van der Waals surface area contributed by atoms with Crippen molar-refractivity contribution in [2.75, 3.05) is 17.5 Å². The molecule has 0 heterocycles. The molecule has 4 N–H and O–H groups in total. The molecular weight excluding hydrogens is 740 g/mol. The van der Waals surface area contributed by atoms with E-state index in [1.54, 1.807) is 0 Å². The van der Waals surface area contributed by atoms with Crippen LogP contribution in [0.5, 0.6) is 0 Å². The fraction of sp³-hybridized carbons (Fsp3) is 0.590. The maximum atomic E-state index is 12.0. The molecule has 0 aromatic heterocycles. The third kappa shape index (κ3) is 7.97. The van der Waals surface area contributed by atoms with Gasteiger partial charge < -0.3 is 10.2 Å². The van der Waals surface area contributed by atoms with E-state index in [4.69, 9.17) is 10.2 Å². The lowest BCUT2D eigenvalue weighted by molar-refractivity contribution is -0.393. The number of nitrogens with zero attached hydrogens (tertiary/aromatic N) is 6. The number of nitro benzene ring substituents is 4. The Morgan fingerprint density at radius 1 is 0.860 bits per heavy atom. The number of hydrazone groups is 2. The molecule has 0 bridgehead atoms. The molecule has 3 fully saturated rings. The summed E-state index contributed by atoms with van der Waals surface area (Å²) in [5.41, 5.74) is 6.18. The number of hydrogen-bond acceptors (Lipinski definition) is 14. The summed E-state index contributed by atoms with van der Waals surface area (Å²) in [6, 6.07) is 6.63. The number of nitro groups is 4. The molecule has 18 nitrogen and oxygen atoms in total. The smallest absolute Gasteiger partial charge is 0.301 e. The number of benzene rings is 2. The number of fused-ring (bicyclic) bond motifs is 5. The predicted molar refractivity (Wildman–Crippen MR) is 213 cm³/mol. The fourth-order valence-electron chi connectivity index (χ4n) is 10.6. The van der Waals surface area contributed by atoms with Crippen LogP contribution in [0.1, 0.15) is 85.5 Å². The Bertz CT molecular complexity index is 2040. The maximum Gasteiger partial charge on any atom is 0.301 e. The number of aliphatic hydroxyl groups is 2. The molecule has 0 spiro atoms. The van der Waals surface area contributed by atoms with Crippen LogP contribution < -0.4 is 10.9 Å². The molecule has 0 radical (unpaired) electrons. The summed E-state index contributed by atoms with van der Waals surface area (Å²) < 4.78 is 0. The second-order valence-electron chi connectivity index (χ2n) is 16.9. The minimum atomic E-state index is -0.714. The highest BCUT2D eigenvalue weighted by Gasteiger charge is 2.61. The first-order chi connectivity index (χ1) is 27.0. The Morgan fingerprint density at radius 3 is 2.05 bits per heavy atom. The molecule has 2 aromatic carbocycles. The summed E-state index contributed by atoms with van der Waals surface area (Å²) in [6.07, 6.45) is 8.46. The molecule has 4 aliphatic carbocycles. The zero-order valence-corrected chi connectivity index (χ0v) is 32.5. The number of anilines is 2. The van der Waals surface area contributed by atoms with Crippen LogP contribution in [0.25, 0.3) is 0 Å². The first kappa shape index (κ1) is 41.3. The van der Waals surface area contributed by atoms with Crippen LogP contribution in [0.3, 0.4) is 0 Å². The Hall–Kier alpha value is -5.36. The van der Waals surface area contributed by atoms with E-state index < -0.39 is 42.4 Å². The highest BCUT2D eigenvalue weighted by Crippen LogP contribution is 2.66. The number of hydrogen-bond donors (Lipinski definition) is 4. The molecule has 2 aromatic rings. The number of nitrogens with one attached hydrogen (secondary N) is 2. The van der Waals surface area contributed by atoms with E-state index in [1.165, 1.54) is 23.8 Å². The summed E-state index contributed by atoms with van der Waals surface area (Å²) in [4.78, 5) is 44.0. The van der Waals surface area contributed by atoms with Gasteiger partial charge in [-0.2, -0.15) is 10.2 Å². The lowest BCUT2D eigenvalue weighted by Gasteiger charge is -2.58. The van der Waals surface area contributed by atoms with Crippen LogP contribution in [0.4, 0.5) is 34.1 Å². The summed E-state index contributed by atoms with van der Waals surface area (Å²) >= 11 is 0. The van der Waals surface area contributed by atoms with Crippen LogP contribution in [0.2, 0.25) is 0 Å². The summed E-state index contributed by atoms with van der Waals surface area (Å²) in [6.45, 7) is 8.45. The molecule has 57 heavy (non-hydrogen) atoms. The molecule has 0 saturated heterocycles. The minimum Gasteiger partial charge on any atom is -0.396 e. The second kappa shape index (κ2) is 16.2. The molecule has 306 valence electrons. The minimum absolute atomic E-state index is 0.00118. The van der Waals surface area contributed by atoms with E-state index >= 15 is 0 Å². The third-order valence-corrected chi connectivity index (χ3v) is 13.7. The fourth-order valence-corrected chi connectivity index (χ4v) is 10.6. The largest absolute Gasteiger partial charge is 0.396 e. The van der Waals surface area contributed by atoms with Gasteiger partial charge >= 0.3 is 11.4 Å². The highest BCUT2D eigenvalue weighted by atomic mass is 16.6. The Morgan fingerprint density at radius 2 is 1.47 bits per heavy atom. The number of rotatable bonds is 14. The van der Waals surface area contributed by atoms with Gasteiger partial charge in [0.25, 0.3) is 11.4 Å². The second-order valence-corrected chi connectivity index (χ2v) is 16.9. The molecule has 0 amide bonds. The topological polar surface area (TPSA) is 262 Å². The normalized spacial score (nSPS) is 29.9. The number of allylic oxidation sites excluding steroid dienone is 1. The number of non-ortho nitro benzene ring substituents is 2. The van der Waals surface area contributed by atoms with Crippen LogP contribution in [0, 0.1) is 86.8 Å². The van der Waals surface area contributed by atoms with Gasteiger partial charge in [0.2, 0.25) is 0 Å². The van der Waals surface area contributed by atoms with Crippen molar-refractivity contribution in [3.8, 4) is 0 Å². The molecule has 6 rings (SSSR count). The van der Waals surface area contributed by atoms with E-state index in [1.807, 2.05) is 13.8 Å². The molecule has 4 aliphatic rings. The quantitative estimate of drug-likeness (QED) is 0.0611. The van der Waals surface area contributed by atoms with Crippen molar-refractivity contribution in [3.05, 3.63) is 88.5 Å². The van der Waals surface area contributed by atoms with Crippen LogP contribution in [0.15, 0.2) is 58.3 Å². The van der Waals surface area contributed by atoms with Gasteiger partial charge in [-0.25, -0.2) is 0 Å². The standard InChI is InChI=1S/C39H50N8O10/c1-22(21-48)5-10-31(40-41-32-11-7-25(44(50)51)18-35(32)46(54)55)23(2)37-34(43-42-33-12-8-26(45(52)53)19-36(33)47(56)57)20-30-28-9-6-24-17-27(49)13-15-38(24,3)29(28)14-16-39(30,37)4/h6-8,11-12,18-19,22-23,27-30,37,41-42,48-49H,5,9-10,13-17,20-21H2,1-4H3/b40-31+,43-34+. The third-order valence-electron chi connectivity index (χ3n) is 13.7. The van der Waals surface area contributed by atoms with Crippen molar-refractivity contribution in [2.24, 2.45) is 56.5 Å². The van der Waals surface area contributed by atoms with Gasteiger partial charge in [-0.05, 0) is 104 Å². The van der Waals surface area contributed by atoms with Crippen molar-refractivity contribution in [3.63, 3.8) is 0 Å². The van der Waals surface area contributed by atoms with Crippen molar-refractivity contribution in [1.29, 1.82) is 0 Å². The summed E-state index contributed by atoms with van der Waals surface area (Å²) in [5.74, 6) is 0.128. The molecule has 0 aliphatic heterocycles. The summed E-state index contributed by atoms with van der Waals surface area (Å²) in [5, 5.41) is 76.9. The van der Waals surface area contributed by atoms with Gasteiger partial charge in [0.05, 0.1) is 37.9 Å². The Kier molecular flexibility index (Phi) is 11.8. The maximum absolute atomic E-state index is 12.0. The van der Waals surface area contributed by atoms with Crippen LogP contribution in [-0.2, 0) is 0 Å². The van der Waals surface area contributed by atoms with Crippen molar-refractivity contribution in [1.82, 2.24) is 0 Å². The van der Waals surface area contributed by atoms with E-state index in [9.17, 15) is 50.7 Å². The van der Waals surface area contributed by atoms with Gasteiger partial charge in [-0.15, -0.1) is 0 Å². The van der Waals surface area contributed by atoms with E-state index in [-0.39, 0.29) is 58.6 Å². The van der Waals surface area contributed by atoms with Gasteiger partial charge in [0, 0.05) is 42.0 Å². The lowest BCUT2D eigenvalue weighted by atomic mass is 9.47. The van der Waals surface area contributed by atoms with Gasteiger partial charge in [-0.1, -0.05) is 39.3 Å². The van der Waals surface area contributed by atoms with Crippen molar-refractivity contribution >= 4 is 45.5 Å². The molecule has 9 atom stereocenters. The summed E-state index contributed by atoms with van der Waals surface area (Å²) in [7, 11) is 0. The number of aliphatic hydroxyl groups excluding tert-OH is 2. The van der Waals surface area contributed by atoms with Crippen molar-refractivity contribution < 1.29 is 29.9 Å². The van der Waals surface area contributed by atoms with E-state index in [0.717, 1.165) is 56.0 Å². The monoisotopic (exact) mass is 790 g/mol. The lowest BCUT2D eigenvalue weighted by Crippen LogP contribution is -2.51. The SMILES string of the molecule is CC(CO)CC/C(=N\Nc1ccc([N+](=O)[O-])cc1[N+](=O)[O-])C(C)C1/C(=N/Nc2ccc([N+](=O)[O-])cc2[N+](=O)[O-])CC2C3CC=C4CC(O)CCC4(C)C3CCC21C. The zero-order valence-electron chi connectivity index (χ0n) is 32.5. The zero-order chi connectivity index (χ0) is 41.4. The van der Waals surface area contributed by atoms with Crippen LogP contribution >= 0.6 is 0 Å². The molecule has 3 saturated carbocycles.